The van der Waals surface area contributed by atoms with E-state index >= 15 is 0 Å². The van der Waals surface area contributed by atoms with Gasteiger partial charge >= 0.3 is 0 Å². The van der Waals surface area contributed by atoms with Gasteiger partial charge in [-0.2, -0.15) is 5.10 Å². The Bertz CT molecular complexity index is 423. The van der Waals surface area contributed by atoms with Crippen molar-refractivity contribution >= 4 is 10.9 Å². The zero-order chi connectivity index (χ0) is 9.47. The maximum absolute atomic E-state index is 4.18. The minimum absolute atomic E-state index is 0.121. The summed E-state index contributed by atoms with van der Waals surface area (Å²) >= 11 is 0. The van der Waals surface area contributed by atoms with Crippen molar-refractivity contribution in [1.29, 1.82) is 0 Å². The molecule has 0 aromatic carbocycles. The van der Waals surface area contributed by atoms with Crippen LogP contribution in [0.25, 0.3) is 10.9 Å². The third-order valence-electron chi connectivity index (χ3n) is 2.17. The Hall–Kier alpha value is -1.38. The Kier molecular flexibility index (Phi) is 1.62. The lowest BCUT2D eigenvalue weighted by Crippen LogP contribution is -2.11. The van der Waals surface area contributed by atoms with Crippen molar-refractivity contribution in [2.24, 2.45) is 0 Å². The molecule has 0 saturated carbocycles. The summed E-state index contributed by atoms with van der Waals surface area (Å²) < 4.78 is 0. The summed E-state index contributed by atoms with van der Waals surface area (Å²) in [4.78, 5) is 4.18. The van der Waals surface area contributed by atoms with E-state index < -0.39 is 0 Å². The molecule has 0 atom stereocenters. The number of fused-ring (bicyclic) bond motifs is 1. The molecule has 0 unspecified atom stereocenters. The minimum Gasteiger partial charge on any atom is -0.276 e. The molecular formula is C10H13N3. The average molecular weight is 175 g/mol. The molecule has 0 aliphatic carbocycles. The van der Waals surface area contributed by atoms with Gasteiger partial charge < -0.3 is 0 Å². The summed E-state index contributed by atoms with van der Waals surface area (Å²) in [6.07, 6.45) is 5.58. The van der Waals surface area contributed by atoms with Crippen LogP contribution in [-0.2, 0) is 5.41 Å². The summed E-state index contributed by atoms with van der Waals surface area (Å²) in [5.41, 5.74) is 2.36. The number of rotatable bonds is 0. The SMILES string of the molecule is CC(C)(C)c1cncc2[nH]ncc12. The van der Waals surface area contributed by atoms with E-state index in [0.29, 0.717) is 0 Å². The topological polar surface area (TPSA) is 41.6 Å². The quantitative estimate of drug-likeness (QED) is 0.667. The molecule has 2 aromatic heterocycles. The average Bonchev–Trinajstić information content (AvgIpc) is 2.48. The van der Waals surface area contributed by atoms with Crippen molar-refractivity contribution in [3.8, 4) is 0 Å². The fraction of sp³-hybridized carbons (Fsp3) is 0.400. The number of H-pyrrole nitrogens is 1. The number of hydrogen-bond acceptors (Lipinski definition) is 2. The second kappa shape index (κ2) is 2.55. The molecular weight excluding hydrogens is 162 g/mol. The standard InChI is InChI=1S/C10H13N3/c1-10(2,3)8-5-11-6-9-7(8)4-12-13-9/h4-6H,1-3H3,(H,12,13). The van der Waals surface area contributed by atoms with Crippen LogP contribution in [0.5, 0.6) is 0 Å². The molecule has 1 N–H and O–H groups in total. The first-order valence-corrected chi connectivity index (χ1v) is 4.36. The van der Waals surface area contributed by atoms with Gasteiger partial charge in [0.15, 0.2) is 0 Å². The zero-order valence-corrected chi connectivity index (χ0v) is 8.13. The van der Waals surface area contributed by atoms with Crippen molar-refractivity contribution in [2.45, 2.75) is 26.2 Å². The first-order valence-electron chi connectivity index (χ1n) is 4.36. The van der Waals surface area contributed by atoms with Gasteiger partial charge in [-0.3, -0.25) is 10.1 Å². The highest BCUT2D eigenvalue weighted by Crippen LogP contribution is 2.27. The second-order valence-electron chi connectivity index (χ2n) is 4.27. The van der Waals surface area contributed by atoms with Crippen LogP contribution in [0.2, 0.25) is 0 Å². The monoisotopic (exact) mass is 175 g/mol. The smallest absolute Gasteiger partial charge is 0.0836 e. The van der Waals surface area contributed by atoms with Gasteiger partial charge in [0.1, 0.15) is 0 Å². The van der Waals surface area contributed by atoms with Gasteiger partial charge in [-0.15, -0.1) is 0 Å². The Morgan fingerprint density at radius 3 is 2.62 bits per heavy atom. The lowest BCUT2D eigenvalue weighted by atomic mass is 9.86. The molecule has 2 heterocycles. The predicted molar refractivity (Wildman–Crippen MR) is 52.6 cm³/mol. The number of nitrogens with zero attached hydrogens (tertiary/aromatic N) is 2. The third kappa shape index (κ3) is 1.30. The number of hydrogen-bond donors (Lipinski definition) is 1. The maximum atomic E-state index is 4.18. The summed E-state index contributed by atoms with van der Waals surface area (Å²) in [7, 11) is 0. The lowest BCUT2D eigenvalue weighted by molar-refractivity contribution is 0.593. The van der Waals surface area contributed by atoms with Crippen LogP contribution in [0.3, 0.4) is 0 Å². The maximum Gasteiger partial charge on any atom is 0.0836 e. The van der Waals surface area contributed by atoms with Crippen molar-refractivity contribution in [3.63, 3.8) is 0 Å². The molecule has 0 spiro atoms. The van der Waals surface area contributed by atoms with Crippen LogP contribution in [0.1, 0.15) is 26.3 Å². The molecule has 0 fully saturated rings. The summed E-state index contributed by atoms with van der Waals surface area (Å²) in [6.45, 7) is 6.53. The fourth-order valence-corrected chi connectivity index (χ4v) is 1.46. The molecule has 0 aliphatic rings. The van der Waals surface area contributed by atoms with Gasteiger partial charge in [-0.25, -0.2) is 0 Å². The van der Waals surface area contributed by atoms with Gasteiger partial charge in [-0.05, 0) is 11.0 Å². The molecule has 13 heavy (non-hydrogen) atoms. The van der Waals surface area contributed by atoms with Gasteiger partial charge in [0.2, 0.25) is 0 Å². The Morgan fingerprint density at radius 2 is 1.92 bits per heavy atom. The molecule has 0 bridgehead atoms. The Labute approximate surface area is 77.2 Å². The van der Waals surface area contributed by atoms with Crippen LogP contribution in [0.15, 0.2) is 18.6 Å². The van der Waals surface area contributed by atoms with Crippen LogP contribution < -0.4 is 0 Å². The first-order chi connectivity index (χ1) is 6.09. The molecule has 68 valence electrons. The van der Waals surface area contributed by atoms with Gasteiger partial charge in [0.25, 0.3) is 0 Å². The largest absolute Gasteiger partial charge is 0.276 e. The lowest BCUT2D eigenvalue weighted by Gasteiger charge is -2.18. The van der Waals surface area contributed by atoms with Crippen LogP contribution in [0, 0.1) is 0 Å². The zero-order valence-electron chi connectivity index (χ0n) is 8.13. The van der Waals surface area contributed by atoms with E-state index in [9.17, 15) is 0 Å². The normalized spacial score (nSPS) is 12.2. The number of aromatic nitrogens is 3. The van der Waals surface area contributed by atoms with Crippen LogP contribution in [0.4, 0.5) is 0 Å². The van der Waals surface area contributed by atoms with E-state index in [1.54, 1.807) is 6.20 Å². The fourth-order valence-electron chi connectivity index (χ4n) is 1.46. The summed E-state index contributed by atoms with van der Waals surface area (Å²) in [5, 5.41) is 8.10. The predicted octanol–water partition coefficient (Wildman–Crippen LogP) is 2.26. The molecule has 0 amide bonds. The van der Waals surface area contributed by atoms with Crippen LogP contribution in [-0.4, -0.2) is 15.2 Å². The van der Waals surface area contributed by atoms with E-state index in [1.807, 2.05) is 12.4 Å². The van der Waals surface area contributed by atoms with E-state index in [4.69, 9.17) is 0 Å². The molecule has 0 aliphatic heterocycles. The van der Waals surface area contributed by atoms with Crippen molar-refractivity contribution in [1.82, 2.24) is 15.2 Å². The van der Waals surface area contributed by atoms with Crippen molar-refractivity contribution in [2.75, 3.05) is 0 Å². The van der Waals surface area contributed by atoms with E-state index in [2.05, 4.69) is 36.0 Å². The molecule has 0 saturated heterocycles. The molecule has 3 nitrogen and oxygen atoms in total. The van der Waals surface area contributed by atoms with Crippen molar-refractivity contribution in [3.05, 3.63) is 24.2 Å². The molecule has 2 aromatic rings. The highest BCUT2D eigenvalue weighted by atomic mass is 15.1. The van der Waals surface area contributed by atoms with Gasteiger partial charge in [0, 0.05) is 11.6 Å². The van der Waals surface area contributed by atoms with E-state index in [0.717, 1.165) is 5.52 Å². The van der Waals surface area contributed by atoms with E-state index in [-0.39, 0.29) is 5.41 Å². The van der Waals surface area contributed by atoms with Gasteiger partial charge in [0.05, 0.1) is 17.9 Å². The van der Waals surface area contributed by atoms with E-state index in [1.165, 1.54) is 10.9 Å². The molecule has 0 radical (unpaired) electrons. The van der Waals surface area contributed by atoms with Crippen LogP contribution >= 0.6 is 0 Å². The van der Waals surface area contributed by atoms with Crippen molar-refractivity contribution < 1.29 is 0 Å². The molecule has 3 heteroatoms. The number of aromatic amines is 1. The summed E-state index contributed by atoms with van der Waals surface area (Å²) in [6, 6.07) is 0. The Morgan fingerprint density at radius 1 is 1.15 bits per heavy atom. The molecule has 2 rings (SSSR count). The second-order valence-corrected chi connectivity index (χ2v) is 4.27. The number of pyridine rings is 1. The third-order valence-corrected chi connectivity index (χ3v) is 2.17. The first kappa shape index (κ1) is 8.23. The van der Waals surface area contributed by atoms with Gasteiger partial charge in [-0.1, -0.05) is 20.8 Å². The highest BCUT2D eigenvalue weighted by Gasteiger charge is 2.17. The Balaban J connectivity index is 2.75. The number of nitrogens with one attached hydrogen (secondary N) is 1. The highest BCUT2D eigenvalue weighted by molar-refractivity contribution is 5.81. The summed E-state index contributed by atoms with van der Waals surface area (Å²) in [5.74, 6) is 0. The minimum atomic E-state index is 0.121.